The number of hydrogen-bond donors (Lipinski definition) is 1. The molecule has 3 saturated heterocycles. The number of likely N-dealkylation sites (tertiary alicyclic amines) is 1. The first-order valence-corrected chi connectivity index (χ1v) is 6.96. The smallest absolute Gasteiger partial charge is 0.224 e. The Balaban J connectivity index is 1.73. The van der Waals surface area contributed by atoms with Gasteiger partial charge in [-0.1, -0.05) is 6.92 Å². The summed E-state index contributed by atoms with van der Waals surface area (Å²) in [4.78, 5) is 16.6. The molecular formula is C13H23N3O. The van der Waals surface area contributed by atoms with Gasteiger partial charge in [0.05, 0.1) is 0 Å². The summed E-state index contributed by atoms with van der Waals surface area (Å²) in [6.45, 7) is 5.25. The first-order chi connectivity index (χ1) is 8.16. The number of piperidine rings is 1. The van der Waals surface area contributed by atoms with Crippen LogP contribution < -0.4 is 5.73 Å². The quantitative estimate of drug-likeness (QED) is 0.719. The van der Waals surface area contributed by atoms with E-state index in [2.05, 4.69) is 16.7 Å². The van der Waals surface area contributed by atoms with Gasteiger partial charge in [0.1, 0.15) is 0 Å². The van der Waals surface area contributed by atoms with Gasteiger partial charge in [-0.05, 0) is 25.2 Å². The highest BCUT2D eigenvalue weighted by molar-refractivity contribution is 5.80. The van der Waals surface area contributed by atoms with Crippen molar-refractivity contribution in [3.63, 3.8) is 0 Å². The Morgan fingerprint density at radius 3 is 2.76 bits per heavy atom. The molecule has 3 rings (SSSR count). The van der Waals surface area contributed by atoms with E-state index in [0.717, 1.165) is 26.1 Å². The molecule has 4 atom stereocenters. The predicted octanol–water partition coefficient (Wildman–Crippen LogP) is 0.419. The summed E-state index contributed by atoms with van der Waals surface area (Å²) in [5.74, 6) is 0.940. The molecule has 96 valence electrons. The summed E-state index contributed by atoms with van der Waals surface area (Å²) in [5, 5.41) is 0. The third kappa shape index (κ3) is 1.87. The van der Waals surface area contributed by atoms with Crippen LogP contribution in [0.15, 0.2) is 0 Å². The number of carbonyl (C=O) groups excluding carboxylic acids is 1. The third-order valence-electron chi connectivity index (χ3n) is 4.87. The first kappa shape index (κ1) is 11.5. The van der Waals surface area contributed by atoms with Crippen molar-refractivity contribution in [1.29, 1.82) is 0 Å². The van der Waals surface area contributed by atoms with E-state index in [-0.39, 0.29) is 0 Å². The molecule has 2 N–H and O–H groups in total. The monoisotopic (exact) mass is 237 g/mol. The minimum atomic E-state index is 0.294. The molecule has 4 unspecified atom stereocenters. The molecule has 0 aromatic heterocycles. The fraction of sp³-hybridized carbons (Fsp3) is 0.923. The van der Waals surface area contributed by atoms with Crippen LogP contribution in [0.25, 0.3) is 0 Å². The van der Waals surface area contributed by atoms with Gasteiger partial charge in [0.25, 0.3) is 0 Å². The van der Waals surface area contributed by atoms with Gasteiger partial charge in [-0.15, -0.1) is 0 Å². The Bertz CT molecular complexity index is 310. The molecule has 0 spiro atoms. The maximum absolute atomic E-state index is 12.0. The largest absolute Gasteiger partial charge is 0.338 e. The van der Waals surface area contributed by atoms with E-state index in [1.165, 1.54) is 19.3 Å². The van der Waals surface area contributed by atoms with Crippen LogP contribution in [0.3, 0.4) is 0 Å². The topological polar surface area (TPSA) is 49.6 Å². The van der Waals surface area contributed by atoms with Gasteiger partial charge >= 0.3 is 0 Å². The Morgan fingerprint density at radius 2 is 2.06 bits per heavy atom. The van der Waals surface area contributed by atoms with Gasteiger partial charge in [0.15, 0.2) is 0 Å². The summed E-state index contributed by atoms with van der Waals surface area (Å²) in [5.41, 5.74) is 6.10. The molecule has 0 aromatic carbocycles. The van der Waals surface area contributed by atoms with E-state index in [4.69, 9.17) is 5.73 Å². The minimum Gasteiger partial charge on any atom is -0.338 e. The van der Waals surface area contributed by atoms with E-state index in [9.17, 15) is 4.79 Å². The zero-order valence-electron chi connectivity index (χ0n) is 10.6. The highest BCUT2D eigenvalue weighted by Crippen LogP contribution is 2.33. The van der Waals surface area contributed by atoms with Crippen molar-refractivity contribution in [3.05, 3.63) is 0 Å². The van der Waals surface area contributed by atoms with Crippen molar-refractivity contribution in [2.45, 2.75) is 50.7 Å². The van der Waals surface area contributed by atoms with Crippen molar-refractivity contribution in [3.8, 4) is 0 Å². The fourth-order valence-electron chi connectivity index (χ4n) is 3.77. The molecule has 3 aliphatic heterocycles. The molecular weight excluding hydrogens is 214 g/mol. The summed E-state index contributed by atoms with van der Waals surface area (Å²) in [6, 6.07) is 1.22. The maximum Gasteiger partial charge on any atom is 0.224 e. The molecule has 0 saturated carbocycles. The third-order valence-corrected chi connectivity index (χ3v) is 4.87. The Kier molecular flexibility index (Phi) is 2.87. The van der Waals surface area contributed by atoms with Crippen LogP contribution in [0, 0.1) is 5.92 Å². The van der Waals surface area contributed by atoms with Gasteiger partial charge in [0.2, 0.25) is 5.91 Å². The van der Waals surface area contributed by atoms with Crippen LogP contribution in [-0.4, -0.2) is 53.5 Å². The van der Waals surface area contributed by atoms with Crippen molar-refractivity contribution in [1.82, 2.24) is 9.80 Å². The second kappa shape index (κ2) is 4.25. The molecule has 4 nitrogen and oxygen atoms in total. The van der Waals surface area contributed by atoms with Crippen LogP contribution in [0.5, 0.6) is 0 Å². The highest BCUT2D eigenvalue weighted by Gasteiger charge is 2.45. The van der Waals surface area contributed by atoms with Gasteiger partial charge in [0, 0.05) is 44.2 Å². The Labute approximate surface area is 103 Å². The van der Waals surface area contributed by atoms with Crippen molar-refractivity contribution in [2.24, 2.45) is 11.7 Å². The van der Waals surface area contributed by atoms with Gasteiger partial charge < -0.3 is 10.6 Å². The van der Waals surface area contributed by atoms with Gasteiger partial charge in [-0.25, -0.2) is 0 Å². The molecule has 0 radical (unpaired) electrons. The second-order valence-electron chi connectivity index (χ2n) is 6.02. The number of nitrogens with zero attached hydrogens (tertiary/aromatic N) is 2. The number of carbonyl (C=O) groups is 1. The van der Waals surface area contributed by atoms with Crippen molar-refractivity contribution < 1.29 is 4.79 Å². The maximum atomic E-state index is 12.0. The zero-order chi connectivity index (χ0) is 12.0. The van der Waals surface area contributed by atoms with E-state index < -0.39 is 0 Å². The number of rotatable bonds is 1. The lowest BCUT2D eigenvalue weighted by atomic mass is 9.98. The zero-order valence-corrected chi connectivity index (χ0v) is 10.6. The van der Waals surface area contributed by atoms with Crippen LogP contribution in [-0.2, 0) is 4.79 Å². The van der Waals surface area contributed by atoms with Crippen LogP contribution in [0.2, 0.25) is 0 Å². The van der Waals surface area contributed by atoms with Crippen molar-refractivity contribution >= 4 is 5.91 Å². The Morgan fingerprint density at radius 1 is 1.24 bits per heavy atom. The number of fused-ring (bicyclic) bond motifs is 1. The molecule has 0 aliphatic carbocycles. The van der Waals surface area contributed by atoms with Gasteiger partial charge in [-0.3, -0.25) is 9.69 Å². The summed E-state index contributed by atoms with van der Waals surface area (Å²) in [7, 11) is 0. The molecule has 1 amide bonds. The number of hydrogen-bond acceptors (Lipinski definition) is 3. The SMILES string of the molecule is CC1CN(C2CC(=O)N3CCCCC23)CC1N. The van der Waals surface area contributed by atoms with Crippen LogP contribution in [0.4, 0.5) is 0 Å². The molecule has 3 heterocycles. The van der Waals surface area contributed by atoms with E-state index in [1.807, 2.05) is 0 Å². The van der Waals surface area contributed by atoms with Crippen molar-refractivity contribution in [2.75, 3.05) is 19.6 Å². The fourth-order valence-corrected chi connectivity index (χ4v) is 3.77. The molecule has 0 aromatic rings. The average molecular weight is 237 g/mol. The second-order valence-corrected chi connectivity index (χ2v) is 6.02. The summed E-state index contributed by atoms with van der Waals surface area (Å²) < 4.78 is 0. The number of nitrogens with two attached hydrogens (primary N) is 1. The summed E-state index contributed by atoms with van der Waals surface area (Å²) in [6.07, 6.45) is 4.38. The average Bonchev–Trinajstić information content (AvgIpc) is 2.82. The molecule has 0 bridgehead atoms. The normalized spacial score (nSPS) is 43.2. The minimum absolute atomic E-state index is 0.294. The lowest BCUT2D eigenvalue weighted by molar-refractivity contribution is -0.129. The predicted molar refractivity (Wildman–Crippen MR) is 66.5 cm³/mol. The van der Waals surface area contributed by atoms with E-state index in [1.54, 1.807) is 0 Å². The van der Waals surface area contributed by atoms with E-state index >= 15 is 0 Å². The highest BCUT2D eigenvalue weighted by atomic mass is 16.2. The van der Waals surface area contributed by atoms with E-state index in [0.29, 0.717) is 30.0 Å². The van der Waals surface area contributed by atoms with Crippen LogP contribution >= 0.6 is 0 Å². The number of amides is 1. The molecule has 17 heavy (non-hydrogen) atoms. The standard InChI is InChI=1S/C13H23N3O/c1-9-7-15(8-10(9)14)12-6-13(17)16-5-3-2-4-11(12)16/h9-12H,2-8,14H2,1H3. The lowest BCUT2D eigenvalue weighted by Gasteiger charge is -2.36. The van der Waals surface area contributed by atoms with Gasteiger partial charge in [-0.2, -0.15) is 0 Å². The van der Waals surface area contributed by atoms with Crippen LogP contribution in [0.1, 0.15) is 32.6 Å². The molecule has 3 aliphatic rings. The summed E-state index contributed by atoms with van der Waals surface area (Å²) >= 11 is 0. The molecule has 3 fully saturated rings. The lowest BCUT2D eigenvalue weighted by Crippen LogP contribution is -2.47. The Hall–Kier alpha value is -0.610. The molecule has 4 heteroatoms. The first-order valence-electron chi connectivity index (χ1n) is 6.96.